The van der Waals surface area contributed by atoms with E-state index in [2.05, 4.69) is 6.58 Å². The summed E-state index contributed by atoms with van der Waals surface area (Å²) in [6, 6.07) is 0. The van der Waals surface area contributed by atoms with E-state index in [-0.39, 0.29) is 18.5 Å². The minimum atomic E-state index is -0.790. The van der Waals surface area contributed by atoms with Gasteiger partial charge in [-0.05, 0) is 26.2 Å². The number of hydrogen-bond donors (Lipinski definition) is 1. The average molecular weight is 242 g/mol. The number of esters is 1. The van der Waals surface area contributed by atoms with E-state index in [1.807, 2.05) is 27.7 Å². The number of rotatable bonds is 8. The van der Waals surface area contributed by atoms with E-state index in [9.17, 15) is 9.90 Å². The molecule has 0 aromatic heterocycles. The lowest BCUT2D eigenvalue weighted by atomic mass is 9.90. The lowest BCUT2D eigenvalue weighted by Gasteiger charge is -2.27. The molecule has 0 aliphatic heterocycles. The Morgan fingerprint density at radius 2 is 2.06 bits per heavy atom. The highest BCUT2D eigenvalue weighted by Crippen LogP contribution is 2.23. The van der Waals surface area contributed by atoms with Crippen molar-refractivity contribution < 1.29 is 14.6 Å². The standard InChI is InChI=1S/C14H26O3/c1-6-12(5)13(15)17-9-8-14(16,7-2)10-11(3)4/h12,16H,3,6-10H2,1-2,4-5H3. The van der Waals surface area contributed by atoms with Crippen molar-refractivity contribution in [2.75, 3.05) is 6.61 Å². The zero-order valence-electron chi connectivity index (χ0n) is 11.6. The van der Waals surface area contributed by atoms with E-state index in [4.69, 9.17) is 4.74 Å². The third-order valence-corrected chi connectivity index (χ3v) is 3.12. The molecule has 0 bridgehead atoms. The molecule has 0 fully saturated rings. The van der Waals surface area contributed by atoms with Crippen molar-refractivity contribution in [3.05, 3.63) is 12.2 Å². The summed E-state index contributed by atoms with van der Waals surface area (Å²) in [5, 5.41) is 10.2. The molecule has 1 N–H and O–H groups in total. The van der Waals surface area contributed by atoms with Crippen molar-refractivity contribution in [2.45, 2.75) is 59.0 Å². The molecule has 3 nitrogen and oxygen atoms in total. The molecule has 0 aromatic carbocycles. The molecule has 0 amide bonds. The molecule has 0 aliphatic rings. The smallest absolute Gasteiger partial charge is 0.308 e. The van der Waals surface area contributed by atoms with Crippen LogP contribution in [0.4, 0.5) is 0 Å². The maximum Gasteiger partial charge on any atom is 0.308 e. The Morgan fingerprint density at radius 1 is 1.47 bits per heavy atom. The van der Waals surface area contributed by atoms with Crippen molar-refractivity contribution in [2.24, 2.45) is 5.92 Å². The molecule has 0 aliphatic carbocycles. The molecule has 0 spiro atoms. The first-order chi connectivity index (χ1) is 7.84. The van der Waals surface area contributed by atoms with Gasteiger partial charge >= 0.3 is 5.97 Å². The van der Waals surface area contributed by atoms with Crippen LogP contribution in [0.3, 0.4) is 0 Å². The first kappa shape index (κ1) is 16.2. The van der Waals surface area contributed by atoms with Crippen LogP contribution in [0.5, 0.6) is 0 Å². The van der Waals surface area contributed by atoms with Gasteiger partial charge in [-0.15, -0.1) is 6.58 Å². The van der Waals surface area contributed by atoms with Crippen LogP contribution in [0, 0.1) is 5.92 Å². The van der Waals surface area contributed by atoms with Crippen LogP contribution in [0.15, 0.2) is 12.2 Å². The van der Waals surface area contributed by atoms with Gasteiger partial charge in [0, 0.05) is 6.42 Å². The minimum Gasteiger partial charge on any atom is -0.465 e. The molecule has 3 heteroatoms. The van der Waals surface area contributed by atoms with Crippen molar-refractivity contribution >= 4 is 5.97 Å². The summed E-state index contributed by atoms with van der Waals surface area (Å²) in [7, 11) is 0. The fraction of sp³-hybridized carbons (Fsp3) is 0.786. The highest BCUT2D eigenvalue weighted by atomic mass is 16.5. The van der Waals surface area contributed by atoms with Gasteiger partial charge < -0.3 is 9.84 Å². The molecule has 0 saturated carbocycles. The SMILES string of the molecule is C=C(C)CC(O)(CC)CCOC(=O)C(C)CC. The van der Waals surface area contributed by atoms with Gasteiger partial charge in [0.25, 0.3) is 0 Å². The maximum atomic E-state index is 11.4. The van der Waals surface area contributed by atoms with Gasteiger partial charge in [-0.25, -0.2) is 0 Å². The molecule has 0 heterocycles. The van der Waals surface area contributed by atoms with Crippen molar-refractivity contribution in [1.82, 2.24) is 0 Å². The van der Waals surface area contributed by atoms with Gasteiger partial charge in [0.1, 0.15) is 0 Å². The highest BCUT2D eigenvalue weighted by Gasteiger charge is 2.25. The van der Waals surface area contributed by atoms with Gasteiger partial charge in [-0.1, -0.05) is 26.3 Å². The number of hydrogen-bond acceptors (Lipinski definition) is 3. The summed E-state index contributed by atoms with van der Waals surface area (Å²) in [6.45, 7) is 11.7. The summed E-state index contributed by atoms with van der Waals surface area (Å²) in [5.41, 5.74) is 0.157. The van der Waals surface area contributed by atoms with E-state index in [0.29, 0.717) is 19.3 Å². The molecule has 2 unspecified atom stereocenters. The van der Waals surface area contributed by atoms with Crippen molar-refractivity contribution in [3.8, 4) is 0 Å². The zero-order chi connectivity index (χ0) is 13.5. The lowest BCUT2D eigenvalue weighted by Crippen LogP contribution is -2.30. The summed E-state index contributed by atoms with van der Waals surface area (Å²) in [6.07, 6.45) is 2.45. The fourth-order valence-corrected chi connectivity index (χ4v) is 1.60. The molecule has 17 heavy (non-hydrogen) atoms. The zero-order valence-corrected chi connectivity index (χ0v) is 11.6. The number of carbonyl (C=O) groups is 1. The summed E-state index contributed by atoms with van der Waals surface area (Å²) in [4.78, 5) is 11.4. The van der Waals surface area contributed by atoms with Crippen molar-refractivity contribution in [3.63, 3.8) is 0 Å². The van der Waals surface area contributed by atoms with Crippen LogP contribution < -0.4 is 0 Å². The molecular formula is C14H26O3. The molecule has 0 rings (SSSR count). The first-order valence-corrected chi connectivity index (χ1v) is 6.38. The van der Waals surface area contributed by atoms with Gasteiger partial charge in [0.05, 0.1) is 18.1 Å². The molecular weight excluding hydrogens is 216 g/mol. The van der Waals surface area contributed by atoms with Gasteiger partial charge in [0.15, 0.2) is 0 Å². The normalized spacial score (nSPS) is 16.1. The highest BCUT2D eigenvalue weighted by molar-refractivity contribution is 5.71. The molecule has 100 valence electrons. The summed E-state index contributed by atoms with van der Waals surface area (Å²) in [5.74, 6) is -0.243. The minimum absolute atomic E-state index is 0.0640. The Morgan fingerprint density at radius 3 is 2.47 bits per heavy atom. The Hall–Kier alpha value is -0.830. The molecule has 0 saturated heterocycles. The Balaban J connectivity index is 4.07. The lowest BCUT2D eigenvalue weighted by molar-refractivity contribution is -0.149. The molecule has 0 aromatic rings. The molecule has 0 radical (unpaired) electrons. The van der Waals surface area contributed by atoms with E-state index >= 15 is 0 Å². The number of carbonyl (C=O) groups excluding carboxylic acids is 1. The topological polar surface area (TPSA) is 46.5 Å². The summed E-state index contributed by atoms with van der Waals surface area (Å²) < 4.78 is 5.15. The summed E-state index contributed by atoms with van der Waals surface area (Å²) >= 11 is 0. The van der Waals surface area contributed by atoms with Crippen LogP contribution in [0.25, 0.3) is 0 Å². The Kier molecular flexibility index (Phi) is 7.12. The number of aliphatic hydroxyl groups is 1. The van der Waals surface area contributed by atoms with Gasteiger partial charge in [-0.2, -0.15) is 0 Å². The van der Waals surface area contributed by atoms with Crippen LogP contribution >= 0.6 is 0 Å². The van der Waals surface area contributed by atoms with E-state index < -0.39 is 5.60 Å². The van der Waals surface area contributed by atoms with Crippen LogP contribution in [0.2, 0.25) is 0 Å². The Labute approximate surface area is 105 Å². The first-order valence-electron chi connectivity index (χ1n) is 6.38. The Bertz CT molecular complexity index is 260. The average Bonchev–Trinajstić information content (AvgIpc) is 2.26. The monoisotopic (exact) mass is 242 g/mol. The van der Waals surface area contributed by atoms with Crippen LogP contribution in [-0.4, -0.2) is 23.3 Å². The van der Waals surface area contributed by atoms with E-state index in [1.165, 1.54) is 0 Å². The quantitative estimate of drug-likeness (QED) is 0.525. The van der Waals surface area contributed by atoms with E-state index in [0.717, 1.165) is 12.0 Å². The second kappa shape index (κ2) is 7.49. The second-order valence-electron chi connectivity index (χ2n) is 4.94. The van der Waals surface area contributed by atoms with Gasteiger partial charge in [-0.3, -0.25) is 4.79 Å². The van der Waals surface area contributed by atoms with Crippen LogP contribution in [0.1, 0.15) is 53.4 Å². The fourth-order valence-electron chi connectivity index (χ4n) is 1.60. The third-order valence-electron chi connectivity index (χ3n) is 3.12. The van der Waals surface area contributed by atoms with E-state index in [1.54, 1.807) is 0 Å². The third kappa shape index (κ3) is 6.47. The largest absolute Gasteiger partial charge is 0.465 e. The maximum absolute atomic E-state index is 11.4. The second-order valence-corrected chi connectivity index (χ2v) is 4.94. The predicted octanol–water partition coefficient (Wildman–Crippen LogP) is 3.07. The molecule has 2 atom stereocenters. The predicted molar refractivity (Wildman–Crippen MR) is 69.7 cm³/mol. The van der Waals surface area contributed by atoms with Gasteiger partial charge in [0.2, 0.25) is 0 Å². The number of ether oxygens (including phenoxy) is 1. The van der Waals surface area contributed by atoms with Crippen LogP contribution in [-0.2, 0) is 9.53 Å². The van der Waals surface area contributed by atoms with Crippen molar-refractivity contribution in [1.29, 1.82) is 0 Å².